The lowest BCUT2D eigenvalue weighted by Gasteiger charge is -2.07. The molecule has 1 aromatic carbocycles. The van der Waals surface area contributed by atoms with Crippen molar-refractivity contribution in [1.82, 2.24) is 4.57 Å². The zero-order valence-corrected chi connectivity index (χ0v) is 12.8. The first-order valence-corrected chi connectivity index (χ1v) is 6.84. The van der Waals surface area contributed by atoms with Crippen molar-refractivity contribution in [2.24, 2.45) is 12.8 Å². The summed E-state index contributed by atoms with van der Waals surface area (Å²) in [5, 5.41) is 10.1. The number of carboxylic acid groups (broad SMARTS) is 1. The van der Waals surface area contributed by atoms with E-state index in [1.807, 2.05) is 18.5 Å². The highest BCUT2D eigenvalue weighted by Crippen LogP contribution is 2.33. The van der Waals surface area contributed by atoms with E-state index in [4.69, 9.17) is 10.8 Å². The second-order valence-corrected chi connectivity index (χ2v) is 5.70. The number of nitrogens with two attached hydrogens (primary N) is 1. The number of benzene rings is 1. The molecule has 0 radical (unpaired) electrons. The van der Waals surface area contributed by atoms with Crippen molar-refractivity contribution >= 4 is 32.8 Å². The largest absolute Gasteiger partial charge is 0.480 e. The number of carboxylic acids is 1. The van der Waals surface area contributed by atoms with Gasteiger partial charge in [-0.05, 0) is 52.5 Å². The predicted molar refractivity (Wildman–Crippen MR) is 79.4 cm³/mol. The molecule has 2 aromatic rings. The highest BCUT2D eigenvalue weighted by molar-refractivity contribution is 9.10. The molecule has 0 aliphatic rings. The molecule has 102 valence electrons. The molecule has 0 saturated carbocycles. The van der Waals surface area contributed by atoms with Crippen LogP contribution in [0, 0.1) is 13.8 Å². The van der Waals surface area contributed by atoms with Crippen molar-refractivity contribution in [3.8, 4) is 0 Å². The number of carbonyl (C=O) groups is 1. The van der Waals surface area contributed by atoms with Gasteiger partial charge in [0.15, 0.2) is 0 Å². The fourth-order valence-corrected chi connectivity index (χ4v) is 3.06. The van der Waals surface area contributed by atoms with Gasteiger partial charge in [-0.1, -0.05) is 6.07 Å². The van der Waals surface area contributed by atoms with Gasteiger partial charge in [0, 0.05) is 24.4 Å². The lowest BCUT2D eigenvalue weighted by Crippen LogP contribution is -2.32. The summed E-state index contributed by atoms with van der Waals surface area (Å²) in [4.78, 5) is 10.9. The van der Waals surface area contributed by atoms with E-state index in [2.05, 4.69) is 35.0 Å². The molecule has 0 amide bonds. The molecule has 2 rings (SSSR count). The molecular formula is C14H17BrN2O2. The zero-order chi connectivity index (χ0) is 14.3. The molecule has 1 unspecified atom stereocenters. The summed E-state index contributed by atoms with van der Waals surface area (Å²) >= 11 is 3.54. The quantitative estimate of drug-likeness (QED) is 0.911. The summed E-state index contributed by atoms with van der Waals surface area (Å²) in [6, 6.07) is 3.32. The monoisotopic (exact) mass is 324 g/mol. The maximum atomic E-state index is 10.9. The van der Waals surface area contributed by atoms with Crippen LogP contribution in [0.3, 0.4) is 0 Å². The Morgan fingerprint density at radius 2 is 2.11 bits per heavy atom. The van der Waals surface area contributed by atoms with E-state index in [0.717, 1.165) is 26.6 Å². The third kappa shape index (κ3) is 2.40. The smallest absolute Gasteiger partial charge is 0.320 e. The maximum Gasteiger partial charge on any atom is 0.320 e. The predicted octanol–water partition coefficient (Wildman–Crippen LogP) is 2.51. The van der Waals surface area contributed by atoms with Crippen LogP contribution in [0.2, 0.25) is 0 Å². The fourth-order valence-electron chi connectivity index (χ4n) is 2.51. The minimum absolute atomic E-state index is 0.317. The number of fused-ring (bicyclic) bond motifs is 1. The summed E-state index contributed by atoms with van der Waals surface area (Å²) in [6.07, 6.45) is 0.317. The van der Waals surface area contributed by atoms with Gasteiger partial charge >= 0.3 is 5.97 Å². The molecule has 0 spiro atoms. The molecule has 0 bridgehead atoms. The van der Waals surface area contributed by atoms with E-state index in [1.165, 1.54) is 5.56 Å². The van der Waals surface area contributed by atoms with Crippen LogP contribution >= 0.6 is 15.9 Å². The van der Waals surface area contributed by atoms with Crippen LogP contribution in [0.4, 0.5) is 0 Å². The highest BCUT2D eigenvalue weighted by Gasteiger charge is 2.20. The molecule has 4 nitrogen and oxygen atoms in total. The van der Waals surface area contributed by atoms with Gasteiger partial charge in [-0.2, -0.15) is 0 Å². The number of aliphatic carboxylic acids is 1. The molecule has 19 heavy (non-hydrogen) atoms. The van der Waals surface area contributed by atoms with Gasteiger partial charge in [-0.25, -0.2) is 0 Å². The third-order valence-electron chi connectivity index (χ3n) is 3.41. The lowest BCUT2D eigenvalue weighted by molar-refractivity contribution is -0.138. The van der Waals surface area contributed by atoms with Gasteiger partial charge in [0.1, 0.15) is 6.04 Å². The molecule has 0 aliphatic heterocycles. The summed E-state index contributed by atoms with van der Waals surface area (Å²) < 4.78 is 2.92. The minimum atomic E-state index is -0.978. The van der Waals surface area contributed by atoms with Crippen LogP contribution in [0.1, 0.15) is 16.7 Å². The van der Waals surface area contributed by atoms with Crippen LogP contribution in [-0.4, -0.2) is 21.7 Å². The second kappa shape index (κ2) is 4.98. The zero-order valence-electron chi connectivity index (χ0n) is 11.2. The molecule has 0 saturated heterocycles. The van der Waals surface area contributed by atoms with Crippen LogP contribution in [0.15, 0.2) is 16.7 Å². The van der Waals surface area contributed by atoms with E-state index < -0.39 is 12.0 Å². The van der Waals surface area contributed by atoms with Gasteiger partial charge in [0.05, 0.1) is 4.60 Å². The van der Waals surface area contributed by atoms with Crippen molar-refractivity contribution in [2.45, 2.75) is 26.3 Å². The van der Waals surface area contributed by atoms with Gasteiger partial charge in [-0.3, -0.25) is 4.79 Å². The Morgan fingerprint density at radius 3 is 2.68 bits per heavy atom. The summed E-state index contributed by atoms with van der Waals surface area (Å²) in [5.74, 6) is -0.978. The SMILES string of the molecule is Cc1cc(C)c2c(CC(N)C(=O)O)c(Br)n(C)c2c1. The standard InChI is InChI=1S/C14H17BrN2O2/c1-7-4-8(2)12-9(6-10(16)14(18)19)13(15)17(3)11(12)5-7/h4-5,10H,6,16H2,1-3H3,(H,18,19). The van der Waals surface area contributed by atoms with E-state index in [-0.39, 0.29) is 0 Å². The van der Waals surface area contributed by atoms with Crippen LogP contribution < -0.4 is 5.73 Å². The molecule has 0 aliphatic carbocycles. The number of hydrogen-bond donors (Lipinski definition) is 2. The first kappa shape index (κ1) is 14.1. The normalized spacial score (nSPS) is 12.9. The number of nitrogens with zero attached hydrogens (tertiary/aromatic N) is 1. The van der Waals surface area contributed by atoms with Crippen molar-refractivity contribution in [1.29, 1.82) is 0 Å². The molecule has 1 aromatic heterocycles. The Bertz CT molecular complexity index is 661. The third-order valence-corrected chi connectivity index (χ3v) is 4.42. The van der Waals surface area contributed by atoms with E-state index in [9.17, 15) is 4.79 Å². The summed E-state index contributed by atoms with van der Waals surface area (Å²) in [5.41, 5.74) is 10.1. The van der Waals surface area contributed by atoms with Gasteiger partial charge < -0.3 is 15.4 Å². The van der Waals surface area contributed by atoms with Crippen molar-refractivity contribution < 1.29 is 9.90 Å². The molecule has 3 N–H and O–H groups in total. The lowest BCUT2D eigenvalue weighted by atomic mass is 10.0. The molecule has 5 heteroatoms. The number of aromatic nitrogens is 1. The molecule has 0 fully saturated rings. The Balaban J connectivity index is 2.67. The highest BCUT2D eigenvalue weighted by atomic mass is 79.9. The van der Waals surface area contributed by atoms with Crippen LogP contribution in [0.5, 0.6) is 0 Å². The molecule has 1 atom stereocenters. The number of aryl methyl sites for hydroxylation is 3. The van der Waals surface area contributed by atoms with Crippen LogP contribution in [0.25, 0.3) is 10.9 Å². The summed E-state index contributed by atoms with van der Waals surface area (Å²) in [6.45, 7) is 4.09. The Labute approximate surface area is 120 Å². The molecule has 1 heterocycles. The summed E-state index contributed by atoms with van der Waals surface area (Å²) in [7, 11) is 1.96. The average Bonchev–Trinajstić information content (AvgIpc) is 2.54. The van der Waals surface area contributed by atoms with Gasteiger partial charge in [0.2, 0.25) is 0 Å². The second-order valence-electron chi connectivity index (χ2n) is 4.95. The van der Waals surface area contributed by atoms with Gasteiger partial charge in [0.25, 0.3) is 0 Å². The Kier molecular flexibility index (Phi) is 3.69. The van der Waals surface area contributed by atoms with E-state index >= 15 is 0 Å². The number of rotatable bonds is 3. The van der Waals surface area contributed by atoms with E-state index in [1.54, 1.807) is 0 Å². The Morgan fingerprint density at radius 1 is 1.47 bits per heavy atom. The fraction of sp³-hybridized carbons (Fsp3) is 0.357. The number of halogens is 1. The molecular weight excluding hydrogens is 308 g/mol. The Hall–Kier alpha value is -1.33. The first-order chi connectivity index (χ1) is 8.82. The van der Waals surface area contributed by atoms with E-state index in [0.29, 0.717) is 6.42 Å². The van der Waals surface area contributed by atoms with Crippen molar-refractivity contribution in [3.05, 3.63) is 33.4 Å². The van der Waals surface area contributed by atoms with Gasteiger partial charge in [-0.15, -0.1) is 0 Å². The maximum absolute atomic E-state index is 10.9. The van der Waals surface area contributed by atoms with Crippen molar-refractivity contribution in [3.63, 3.8) is 0 Å². The van der Waals surface area contributed by atoms with Crippen molar-refractivity contribution in [2.75, 3.05) is 0 Å². The first-order valence-electron chi connectivity index (χ1n) is 6.05. The topological polar surface area (TPSA) is 68.2 Å². The van der Waals surface area contributed by atoms with Crippen LogP contribution in [-0.2, 0) is 18.3 Å². The number of hydrogen-bond acceptors (Lipinski definition) is 2. The average molecular weight is 325 g/mol. The minimum Gasteiger partial charge on any atom is -0.480 e.